The van der Waals surface area contributed by atoms with E-state index < -0.39 is 5.60 Å². The van der Waals surface area contributed by atoms with E-state index in [0.717, 1.165) is 32.5 Å². The van der Waals surface area contributed by atoms with Gasteiger partial charge in [0, 0.05) is 26.4 Å². The summed E-state index contributed by atoms with van der Waals surface area (Å²) < 4.78 is 11.4. The highest BCUT2D eigenvalue weighted by atomic mass is 16.5. The van der Waals surface area contributed by atoms with E-state index in [1.54, 1.807) is 13.3 Å². The van der Waals surface area contributed by atoms with E-state index in [1.807, 2.05) is 18.2 Å². The first-order chi connectivity index (χ1) is 11.9. The molecule has 0 amide bonds. The zero-order valence-electron chi connectivity index (χ0n) is 15.7. The van der Waals surface area contributed by atoms with Crippen LogP contribution in [0.2, 0.25) is 0 Å². The van der Waals surface area contributed by atoms with Crippen LogP contribution in [0.5, 0.6) is 0 Å². The summed E-state index contributed by atoms with van der Waals surface area (Å²) in [6.07, 6.45) is 4.64. The number of hydrogen-bond acceptors (Lipinski definition) is 6. The van der Waals surface area contributed by atoms with Gasteiger partial charge in [0.2, 0.25) is 5.82 Å². The number of pyridine rings is 1. The minimum absolute atomic E-state index is 0.361. The molecule has 0 aliphatic carbocycles. The molecule has 0 saturated carbocycles. The molecule has 0 radical (unpaired) electrons. The minimum Gasteiger partial charge on any atom is -0.368 e. The zero-order chi connectivity index (χ0) is 17.9. The van der Waals surface area contributed by atoms with Gasteiger partial charge in [0.05, 0.1) is 0 Å². The number of nitrogens with zero attached hydrogens (tertiary/aromatic N) is 4. The number of piperidine rings is 1. The third kappa shape index (κ3) is 4.25. The molecular weight excluding hydrogens is 316 g/mol. The number of ether oxygens (including phenoxy) is 1. The van der Waals surface area contributed by atoms with Crippen molar-refractivity contribution in [3.8, 4) is 11.5 Å². The fraction of sp³-hybridized carbons (Fsp3) is 0.632. The summed E-state index contributed by atoms with van der Waals surface area (Å²) in [6.45, 7) is 9.93. The van der Waals surface area contributed by atoms with Gasteiger partial charge in [-0.05, 0) is 43.4 Å². The molecule has 1 aliphatic rings. The summed E-state index contributed by atoms with van der Waals surface area (Å²) in [4.78, 5) is 11.4. The van der Waals surface area contributed by atoms with Crippen LogP contribution in [0.15, 0.2) is 28.9 Å². The Labute approximate surface area is 149 Å². The second-order valence-electron chi connectivity index (χ2n) is 7.99. The molecule has 3 rings (SSSR count). The summed E-state index contributed by atoms with van der Waals surface area (Å²) in [5, 5.41) is 4.10. The molecule has 2 aromatic rings. The lowest BCUT2D eigenvalue weighted by atomic mass is 9.88. The summed E-state index contributed by atoms with van der Waals surface area (Å²) in [7, 11) is 1.73. The second-order valence-corrected chi connectivity index (χ2v) is 7.99. The number of hydrogen-bond donors (Lipinski definition) is 0. The van der Waals surface area contributed by atoms with E-state index in [2.05, 4.69) is 40.8 Å². The second kappa shape index (κ2) is 7.22. The van der Waals surface area contributed by atoms with Gasteiger partial charge in [-0.3, -0.25) is 4.98 Å². The molecule has 25 heavy (non-hydrogen) atoms. The normalized spacial score (nSPS) is 18.4. The van der Waals surface area contributed by atoms with Crippen molar-refractivity contribution in [3.63, 3.8) is 0 Å². The molecule has 0 bridgehead atoms. The highest BCUT2D eigenvalue weighted by Crippen LogP contribution is 2.36. The molecule has 0 unspecified atom stereocenters. The maximum absolute atomic E-state index is 5.86. The molecule has 2 aromatic heterocycles. The van der Waals surface area contributed by atoms with Crippen LogP contribution in [0.4, 0.5) is 0 Å². The maximum atomic E-state index is 5.86. The smallest absolute Gasteiger partial charge is 0.259 e. The molecule has 0 N–H and O–H groups in total. The van der Waals surface area contributed by atoms with E-state index in [9.17, 15) is 0 Å². The lowest BCUT2D eigenvalue weighted by molar-refractivity contribution is -0.0834. The largest absolute Gasteiger partial charge is 0.368 e. The van der Waals surface area contributed by atoms with Crippen LogP contribution in [0, 0.1) is 5.41 Å². The van der Waals surface area contributed by atoms with Crippen molar-refractivity contribution in [1.29, 1.82) is 0 Å². The van der Waals surface area contributed by atoms with Crippen LogP contribution in [0.1, 0.15) is 45.9 Å². The van der Waals surface area contributed by atoms with Crippen molar-refractivity contribution in [2.24, 2.45) is 5.41 Å². The molecule has 1 fully saturated rings. The average molecular weight is 344 g/mol. The molecule has 0 atom stereocenters. The van der Waals surface area contributed by atoms with Gasteiger partial charge >= 0.3 is 0 Å². The Morgan fingerprint density at radius 1 is 1.24 bits per heavy atom. The lowest BCUT2D eigenvalue weighted by Crippen LogP contribution is -2.44. The van der Waals surface area contributed by atoms with Crippen molar-refractivity contribution < 1.29 is 9.26 Å². The topological polar surface area (TPSA) is 64.3 Å². The number of likely N-dealkylation sites (tertiary alicyclic amines) is 1. The predicted octanol–water partition coefficient (Wildman–Crippen LogP) is 3.51. The summed E-state index contributed by atoms with van der Waals surface area (Å²) in [5.41, 5.74) is 0.587. The van der Waals surface area contributed by atoms with Crippen molar-refractivity contribution in [3.05, 3.63) is 30.3 Å². The van der Waals surface area contributed by atoms with E-state index in [0.29, 0.717) is 22.8 Å². The van der Waals surface area contributed by atoms with Gasteiger partial charge in [-0.1, -0.05) is 32.0 Å². The predicted molar refractivity (Wildman–Crippen MR) is 96.0 cm³/mol. The number of aromatic nitrogens is 3. The van der Waals surface area contributed by atoms with E-state index in [-0.39, 0.29) is 0 Å². The van der Waals surface area contributed by atoms with E-state index in [4.69, 9.17) is 9.26 Å². The van der Waals surface area contributed by atoms with Crippen molar-refractivity contribution in [2.75, 3.05) is 26.7 Å². The Kier molecular flexibility index (Phi) is 5.20. The van der Waals surface area contributed by atoms with Gasteiger partial charge in [-0.2, -0.15) is 4.98 Å². The Morgan fingerprint density at radius 3 is 2.60 bits per heavy atom. The first-order valence-corrected chi connectivity index (χ1v) is 8.95. The first-order valence-electron chi connectivity index (χ1n) is 8.95. The van der Waals surface area contributed by atoms with Gasteiger partial charge in [0.15, 0.2) is 0 Å². The Balaban J connectivity index is 1.68. The summed E-state index contributed by atoms with van der Waals surface area (Å²) >= 11 is 0. The molecule has 1 saturated heterocycles. The highest BCUT2D eigenvalue weighted by Gasteiger charge is 2.41. The monoisotopic (exact) mass is 344 g/mol. The van der Waals surface area contributed by atoms with Gasteiger partial charge in [0.1, 0.15) is 11.3 Å². The Morgan fingerprint density at radius 2 is 2.00 bits per heavy atom. The van der Waals surface area contributed by atoms with E-state index in [1.165, 1.54) is 6.42 Å². The SMILES string of the molecule is COC1(c2nc(-c3ccccn3)no2)CCN(CCC(C)(C)C)CC1. The van der Waals surface area contributed by atoms with E-state index >= 15 is 0 Å². The number of rotatable bonds is 5. The molecule has 0 spiro atoms. The lowest BCUT2D eigenvalue weighted by Gasteiger charge is -2.39. The fourth-order valence-corrected chi connectivity index (χ4v) is 3.14. The third-order valence-electron chi connectivity index (χ3n) is 4.94. The van der Waals surface area contributed by atoms with Crippen LogP contribution in [-0.2, 0) is 10.3 Å². The first kappa shape index (κ1) is 18.0. The molecule has 136 valence electrons. The number of methoxy groups -OCH3 is 1. The van der Waals surface area contributed by atoms with Crippen molar-refractivity contribution in [2.45, 2.75) is 45.6 Å². The third-order valence-corrected chi connectivity index (χ3v) is 4.94. The van der Waals surface area contributed by atoms with Gasteiger partial charge in [-0.25, -0.2) is 0 Å². The molecule has 1 aliphatic heterocycles. The van der Waals surface area contributed by atoms with Crippen LogP contribution in [0.25, 0.3) is 11.5 Å². The fourth-order valence-electron chi connectivity index (χ4n) is 3.14. The molecule has 0 aromatic carbocycles. The van der Waals surface area contributed by atoms with Crippen molar-refractivity contribution in [1.82, 2.24) is 20.0 Å². The molecule has 6 heteroatoms. The van der Waals surface area contributed by atoms with Gasteiger partial charge in [0.25, 0.3) is 5.89 Å². The van der Waals surface area contributed by atoms with Crippen LogP contribution >= 0.6 is 0 Å². The molecule has 6 nitrogen and oxygen atoms in total. The quantitative estimate of drug-likeness (QED) is 0.827. The maximum Gasteiger partial charge on any atom is 0.259 e. The standard InChI is InChI=1S/C19H28N4O2/c1-18(2,3)8-12-23-13-9-19(24-4,10-14-23)17-21-16(22-25-17)15-7-5-6-11-20-15/h5-7,11H,8-10,12-14H2,1-4H3. The Hall–Kier alpha value is -1.79. The molecular formula is C19H28N4O2. The van der Waals surface area contributed by atoms with Crippen molar-refractivity contribution >= 4 is 0 Å². The van der Waals surface area contributed by atoms with Crippen LogP contribution in [-0.4, -0.2) is 46.8 Å². The minimum atomic E-state index is -0.488. The molecule has 3 heterocycles. The summed E-state index contributed by atoms with van der Waals surface area (Å²) in [5.74, 6) is 1.08. The van der Waals surface area contributed by atoms with Gasteiger partial charge < -0.3 is 14.2 Å². The average Bonchev–Trinajstić information content (AvgIpc) is 3.11. The highest BCUT2D eigenvalue weighted by molar-refractivity contribution is 5.47. The van der Waals surface area contributed by atoms with Crippen LogP contribution < -0.4 is 0 Å². The Bertz CT molecular complexity index is 670. The zero-order valence-corrected chi connectivity index (χ0v) is 15.7. The van der Waals surface area contributed by atoms with Gasteiger partial charge in [-0.15, -0.1) is 0 Å². The van der Waals surface area contributed by atoms with Crippen LogP contribution in [0.3, 0.4) is 0 Å². The summed E-state index contributed by atoms with van der Waals surface area (Å²) in [6, 6.07) is 5.66.